The Morgan fingerprint density at radius 3 is 2.56 bits per heavy atom. The van der Waals surface area contributed by atoms with Crippen molar-refractivity contribution in [3.05, 3.63) is 48.0 Å². The third kappa shape index (κ3) is 4.19. The van der Waals surface area contributed by atoms with Crippen molar-refractivity contribution in [1.29, 1.82) is 0 Å². The largest absolute Gasteiger partial charge is 0.353 e. The van der Waals surface area contributed by atoms with Crippen molar-refractivity contribution in [3.8, 4) is 0 Å². The van der Waals surface area contributed by atoms with Gasteiger partial charge in [-0.1, -0.05) is 49.7 Å². The Morgan fingerprint density at radius 1 is 1.08 bits per heavy atom. The van der Waals surface area contributed by atoms with Gasteiger partial charge in [-0.15, -0.1) is 0 Å². The van der Waals surface area contributed by atoms with Crippen LogP contribution >= 0.6 is 0 Å². The molecule has 1 N–H and O–H groups in total. The lowest BCUT2D eigenvalue weighted by atomic mass is 10.0. The molecule has 4 nitrogen and oxygen atoms in total. The molecule has 0 aliphatic carbocycles. The number of hydrogen-bond acceptors (Lipinski definition) is 2. The van der Waals surface area contributed by atoms with E-state index >= 15 is 0 Å². The molecule has 0 bridgehead atoms. The summed E-state index contributed by atoms with van der Waals surface area (Å²) in [5.74, 6) is 0.230. The van der Waals surface area contributed by atoms with Crippen molar-refractivity contribution in [2.24, 2.45) is 0 Å². The van der Waals surface area contributed by atoms with Gasteiger partial charge < -0.3 is 10.2 Å². The summed E-state index contributed by atoms with van der Waals surface area (Å²) in [5.41, 5.74) is 0.767. The molecule has 2 aromatic rings. The highest BCUT2D eigenvalue weighted by atomic mass is 16.2. The van der Waals surface area contributed by atoms with Crippen LogP contribution in [0.4, 0.5) is 0 Å². The highest BCUT2D eigenvalue weighted by molar-refractivity contribution is 6.07. The number of unbranched alkanes of at least 4 members (excludes halogenated alkanes) is 1. The SMILES string of the molecule is CCCCC(=O)NC1CCN(C(=O)c2cccc3ccccc23)CC1. The molecule has 0 radical (unpaired) electrons. The lowest BCUT2D eigenvalue weighted by Crippen LogP contribution is -2.46. The Hall–Kier alpha value is -2.36. The number of benzene rings is 2. The molecule has 3 rings (SSSR count). The zero-order chi connectivity index (χ0) is 17.6. The summed E-state index contributed by atoms with van der Waals surface area (Å²) >= 11 is 0. The number of nitrogens with zero attached hydrogens (tertiary/aromatic N) is 1. The first kappa shape index (κ1) is 17.5. The van der Waals surface area contributed by atoms with Gasteiger partial charge >= 0.3 is 0 Å². The summed E-state index contributed by atoms with van der Waals surface area (Å²) in [4.78, 5) is 26.7. The number of rotatable bonds is 5. The van der Waals surface area contributed by atoms with Gasteiger partial charge in [-0.2, -0.15) is 0 Å². The number of likely N-dealkylation sites (tertiary alicyclic amines) is 1. The summed E-state index contributed by atoms with van der Waals surface area (Å²) in [7, 11) is 0. The normalized spacial score (nSPS) is 15.3. The Labute approximate surface area is 149 Å². The van der Waals surface area contributed by atoms with Crippen molar-refractivity contribution in [1.82, 2.24) is 10.2 Å². The fourth-order valence-electron chi connectivity index (χ4n) is 3.45. The Balaban J connectivity index is 1.61. The van der Waals surface area contributed by atoms with E-state index in [1.807, 2.05) is 47.4 Å². The molecule has 0 aromatic heterocycles. The van der Waals surface area contributed by atoms with Crippen LogP contribution in [0.15, 0.2) is 42.5 Å². The summed E-state index contributed by atoms with van der Waals surface area (Å²) in [6.45, 7) is 3.48. The Morgan fingerprint density at radius 2 is 1.80 bits per heavy atom. The van der Waals surface area contributed by atoms with E-state index in [4.69, 9.17) is 0 Å². The minimum absolute atomic E-state index is 0.0903. The minimum Gasteiger partial charge on any atom is -0.353 e. The maximum Gasteiger partial charge on any atom is 0.254 e. The van der Waals surface area contributed by atoms with Gasteiger partial charge in [-0.3, -0.25) is 9.59 Å². The van der Waals surface area contributed by atoms with Crippen LogP contribution in [0.5, 0.6) is 0 Å². The van der Waals surface area contributed by atoms with Gasteiger partial charge in [-0.05, 0) is 36.1 Å². The number of carbonyl (C=O) groups excluding carboxylic acids is 2. The molecule has 0 saturated carbocycles. The fourth-order valence-corrected chi connectivity index (χ4v) is 3.45. The van der Waals surface area contributed by atoms with Crippen LogP contribution in [-0.2, 0) is 4.79 Å². The van der Waals surface area contributed by atoms with Crippen LogP contribution in [0, 0.1) is 0 Å². The number of carbonyl (C=O) groups is 2. The summed E-state index contributed by atoms with van der Waals surface area (Å²) in [5, 5.41) is 5.20. The van der Waals surface area contributed by atoms with E-state index < -0.39 is 0 Å². The van der Waals surface area contributed by atoms with E-state index in [2.05, 4.69) is 12.2 Å². The maximum absolute atomic E-state index is 12.9. The lowest BCUT2D eigenvalue weighted by Gasteiger charge is -2.32. The second-order valence-electron chi connectivity index (χ2n) is 6.76. The van der Waals surface area contributed by atoms with Crippen molar-refractivity contribution in [2.75, 3.05) is 13.1 Å². The number of nitrogens with one attached hydrogen (secondary N) is 1. The molecule has 2 amide bonds. The van der Waals surface area contributed by atoms with Crippen molar-refractivity contribution >= 4 is 22.6 Å². The van der Waals surface area contributed by atoms with Gasteiger partial charge in [-0.25, -0.2) is 0 Å². The van der Waals surface area contributed by atoms with E-state index in [1.54, 1.807) is 0 Å². The van der Waals surface area contributed by atoms with E-state index in [-0.39, 0.29) is 17.9 Å². The monoisotopic (exact) mass is 338 g/mol. The molecule has 0 atom stereocenters. The molecule has 1 aliphatic heterocycles. The average Bonchev–Trinajstić information content (AvgIpc) is 2.66. The highest BCUT2D eigenvalue weighted by Crippen LogP contribution is 2.22. The van der Waals surface area contributed by atoms with Gasteiger partial charge in [0.05, 0.1) is 0 Å². The molecule has 0 spiro atoms. The summed E-state index contributed by atoms with van der Waals surface area (Å²) in [6, 6.07) is 14.1. The summed E-state index contributed by atoms with van der Waals surface area (Å²) < 4.78 is 0. The second-order valence-corrected chi connectivity index (χ2v) is 6.76. The zero-order valence-electron chi connectivity index (χ0n) is 14.8. The third-order valence-corrected chi connectivity index (χ3v) is 4.92. The van der Waals surface area contributed by atoms with Crippen LogP contribution in [-0.4, -0.2) is 35.8 Å². The Bertz CT molecular complexity index is 743. The van der Waals surface area contributed by atoms with E-state index in [1.165, 1.54) is 0 Å². The highest BCUT2D eigenvalue weighted by Gasteiger charge is 2.25. The molecular formula is C21H26N2O2. The van der Waals surface area contributed by atoms with Gasteiger partial charge in [0, 0.05) is 31.1 Å². The van der Waals surface area contributed by atoms with Crippen LogP contribution in [0.1, 0.15) is 49.4 Å². The number of piperidine rings is 1. The van der Waals surface area contributed by atoms with Crippen molar-refractivity contribution < 1.29 is 9.59 Å². The first-order valence-corrected chi connectivity index (χ1v) is 9.25. The molecule has 1 heterocycles. The number of hydrogen-bond donors (Lipinski definition) is 1. The van der Waals surface area contributed by atoms with Crippen LogP contribution < -0.4 is 5.32 Å². The van der Waals surface area contributed by atoms with E-state index in [0.717, 1.165) is 42.0 Å². The molecule has 1 aliphatic rings. The number of amides is 2. The van der Waals surface area contributed by atoms with Gasteiger partial charge in [0.15, 0.2) is 0 Å². The molecule has 1 fully saturated rings. The predicted molar refractivity (Wildman–Crippen MR) is 101 cm³/mol. The summed E-state index contributed by atoms with van der Waals surface area (Å²) in [6.07, 6.45) is 4.23. The minimum atomic E-state index is 0.0903. The van der Waals surface area contributed by atoms with Crippen LogP contribution in [0.2, 0.25) is 0 Å². The first-order valence-electron chi connectivity index (χ1n) is 9.25. The van der Waals surface area contributed by atoms with Crippen LogP contribution in [0.3, 0.4) is 0 Å². The molecule has 1 saturated heterocycles. The molecular weight excluding hydrogens is 312 g/mol. The van der Waals surface area contributed by atoms with Crippen LogP contribution in [0.25, 0.3) is 10.8 Å². The van der Waals surface area contributed by atoms with E-state index in [9.17, 15) is 9.59 Å². The van der Waals surface area contributed by atoms with Gasteiger partial charge in [0.25, 0.3) is 5.91 Å². The standard InChI is InChI=1S/C21H26N2O2/c1-2-3-11-20(24)22-17-12-14-23(15-13-17)21(25)19-10-6-8-16-7-4-5-9-18(16)19/h4-10,17H,2-3,11-15H2,1H3,(H,22,24). The molecule has 132 valence electrons. The number of fused-ring (bicyclic) bond motifs is 1. The quantitative estimate of drug-likeness (QED) is 0.902. The van der Waals surface area contributed by atoms with Crippen molar-refractivity contribution in [3.63, 3.8) is 0 Å². The Kier molecular flexibility index (Phi) is 5.69. The third-order valence-electron chi connectivity index (χ3n) is 4.92. The molecule has 25 heavy (non-hydrogen) atoms. The van der Waals surface area contributed by atoms with E-state index in [0.29, 0.717) is 19.5 Å². The fraction of sp³-hybridized carbons (Fsp3) is 0.429. The topological polar surface area (TPSA) is 49.4 Å². The van der Waals surface area contributed by atoms with Crippen molar-refractivity contribution in [2.45, 2.75) is 45.1 Å². The first-order chi connectivity index (χ1) is 12.2. The molecule has 4 heteroatoms. The zero-order valence-corrected chi connectivity index (χ0v) is 14.8. The molecule has 0 unspecified atom stereocenters. The smallest absolute Gasteiger partial charge is 0.254 e. The average molecular weight is 338 g/mol. The van der Waals surface area contributed by atoms with Gasteiger partial charge in [0.1, 0.15) is 0 Å². The molecule has 2 aromatic carbocycles. The predicted octanol–water partition coefficient (Wildman–Crippen LogP) is 3.75. The van der Waals surface area contributed by atoms with Gasteiger partial charge in [0.2, 0.25) is 5.91 Å². The lowest BCUT2D eigenvalue weighted by molar-refractivity contribution is -0.122. The second kappa shape index (κ2) is 8.15. The maximum atomic E-state index is 12.9.